The number of aliphatic hydroxyl groups excluding tert-OH is 1. The third-order valence-corrected chi connectivity index (χ3v) is 3.64. The lowest BCUT2D eigenvalue weighted by Gasteiger charge is -2.20. The molecule has 0 aromatic heterocycles. The first-order chi connectivity index (χ1) is 9.08. The van der Waals surface area contributed by atoms with Crippen molar-refractivity contribution >= 4 is 0 Å². The van der Waals surface area contributed by atoms with E-state index in [0.717, 1.165) is 16.7 Å². The van der Waals surface area contributed by atoms with Gasteiger partial charge in [0.05, 0.1) is 6.10 Å². The molecule has 2 rings (SSSR count). The predicted molar refractivity (Wildman–Crippen MR) is 75.7 cm³/mol. The van der Waals surface area contributed by atoms with E-state index in [-0.39, 0.29) is 11.7 Å². The summed E-state index contributed by atoms with van der Waals surface area (Å²) in [4.78, 5) is 0. The van der Waals surface area contributed by atoms with Gasteiger partial charge < -0.3 is 5.11 Å². The largest absolute Gasteiger partial charge is 0.392 e. The van der Waals surface area contributed by atoms with Crippen molar-refractivity contribution in [1.29, 1.82) is 0 Å². The third-order valence-electron chi connectivity index (χ3n) is 3.64. The zero-order valence-corrected chi connectivity index (χ0v) is 11.3. The first-order valence-electron chi connectivity index (χ1n) is 6.56. The van der Waals surface area contributed by atoms with Gasteiger partial charge in [0.15, 0.2) is 0 Å². The lowest BCUT2D eigenvalue weighted by molar-refractivity contribution is 0.149. The van der Waals surface area contributed by atoms with Gasteiger partial charge in [-0.1, -0.05) is 43.3 Å². The first kappa shape index (κ1) is 13.8. The fourth-order valence-electron chi connectivity index (χ4n) is 2.24. The fourth-order valence-corrected chi connectivity index (χ4v) is 2.24. The quantitative estimate of drug-likeness (QED) is 0.883. The molecule has 2 heteroatoms. The maximum Gasteiger partial charge on any atom is 0.123 e. The molecule has 0 aliphatic carbocycles. The maximum atomic E-state index is 13.2. The maximum absolute atomic E-state index is 13.2. The summed E-state index contributed by atoms with van der Waals surface area (Å²) in [5.74, 6) is -0.218. The van der Waals surface area contributed by atoms with Gasteiger partial charge in [-0.25, -0.2) is 4.39 Å². The summed E-state index contributed by atoms with van der Waals surface area (Å²) in [6.45, 7) is 3.93. The molecule has 0 bridgehead atoms. The zero-order valence-electron chi connectivity index (χ0n) is 11.3. The van der Waals surface area contributed by atoms with Gasteiger partial charge in [0.25, 0.3) is 0 Å². The Labute approximate surface area is 113 Å². The highest BCUT2D eigenvalue weighted by Gasteiger charge is 2.17. The van der Waals surface area contributed by atoms with Crippen molar-refractivity contribution in [3.8, 4) is 0 Å². The highest BCUT2D eigenvalue weighted by Crippen LogP contribution is 2.23. The lowest BCUT2D eigenvalue weighted by Crippen LogP contribution is -2.19. The van der Waals surface area contributed by atoms with Gasteiger partial charge in [0.1, 0.15) is 5.82 Å². The fraction of sp³-hybridized carbons (Fsp3) is 0.294. The number of hydrogen-bond acceptors (Lipinski definition) is 1. The van der Waals surface area contributed by atoms with E-state index in [1.807, 2.05) is 44.2 Å². The summed E-state index contributed by atoms with van der Waals surface area (Å²) >= 11 is 0. The minimum atomic E-state index is -0.511. The van der Waals surface area contributed by atoms with E-state index in [2.05, 4.69) is 0 Å². The molecule has 0 saturated heterocycles. The van der Waals surface area contributed by atoms with Gasteiger partial charge >= 0.3 is 0 Å². The second kappa shape index (κ2) is 5.98. The molecule has 19 heavy (non-hydrogen) atoms. The summed E-state index contributed by atoms with van der Waals surface area (Å²) in [5, 5.41) is 10.3. The second-order valence-electron chi connectivity index (χ2n) is 5.04. The molecule has 0 amide bonds. The monoisotopic (exact) mass is 258 g/mol. The van der Waals surface area contributed by atoms with Crippen molar-refractivity contribution in [2.75, 3.05) is 0 Å². The van der Waals surface area contributed by atoms with E-state index < -0.39 is 6.10 Å². The molecule has 2 aromatic rings. The SMILES string of the molecule is Cc1ccc(F)cc1CC(O)C(C)c1ccccc1. The summed E-state index contributed by atoms with van der Waals surface area (Å²) in [6, 6.07) is 14.6. The van der Waals surface area contributed by atoms with Crippen LogP contribution in [0.25, 0.3) is 0 Å². The van der Waals surface area contributed by atoms with Gasteiger partial charge in [0.2, 0.25) is 0 Å². The number of aliphatic hydroxyl groups is 1. The van der Waals surface area contributed by atoms with E-state index in [1.54, 1.807) is 6.07 Å². The molecular formula is C17H19FO. The van der Waals surface area contributed by atoms with Crippen LogP contribution in [0, 0.1) is 12.7 Å². The molecule has 0 aliphatic heterocycles. The standard InChI is InChI=1S/C17H19FO/c1-12-8-9-16(18)10-15(12)11-17(19)13(2)14-6-4-3-5-7-14/h3-10,13,17,19H,11H2,1-2H3. The van der Waals surface area contributed by atoms with Crippen LogP contribution < -0.4 is 0 Å². The molecule has 2 unspecified atom stereocenters. The van der Waals surface area contributed by atoms with E-state index >= 15 is 0 Å². The van der Waals surface area contributed by atoms with Crippen LogP contribution in [0.4, 0.5) is 4.39 Å². The summed E-state index contributed by atoms with van der Waals surface area (Å²) < 4.78 is 13.2. The van der Waals surface area contributed by atoms with Crippen molar-refractivity contribution in [2.45, 2.75) is 32.3 Å². The minimum absolute atomic E-state index is 0.0314. The Bertz CT molecular complexity index is 536. The topological polar surface area (TPSA) is 20.2 Å². The van der Waals surface area contributed by atoms with Crippen LogP contribution in [0.2, 0.25) is 0 Å². The summed E-state index contributed by atoms with van der Waals surface area (Å²) in [6.07, 6.45) is -0.0393. The normalized spacial score (nSPS) is 14.1. The van der Waals surface area contributed by atoms with Gasteiger partial charge in [-0.2, -0.15) is 0 Å². The average molecular weight is 258 g/mol. The predicted octanol–water partition coefficient (Wildman–Crippen LogP) is 3.84. The van der Waals surface area contributed by atoms with Crippen LogP contribution in [-0.4, -0.2) is 11.2 Å². The highest BCUT2D eigenvalue weighted by atomic mass is 19.1. The smallest absolute Gasteiger partial charge is 0.123 e. The van der Waals surface area contributed by atoms with Crippen LogP contribution in [0.5, 0.6) is 0 Å². The molecule has 2 aromatic carbocycles. The van der Waals surface area contributed by atoms with E-state index in [9.17, 15) is 9.50 Å². The van der Waals surface area contributed by atoms with Crippen molar-refractivity contribution in [2.24, 2.45) is 0 Å². The van der Waals surface area contributed by atoms with Crippen molar-refractivity contribution in [1.82, 2.24) is 0 Å². The number of hydrogen-bond donors (Lipinski definition) is 1. The highest BCUT2D eigenvalue weighted by molar-refractivity contribution is 5.28. The van der Waals surface area contributed by atoms with Gasteiger partial charge in [-0.05, 0) is 42.2 Å². The zero-order chi connectivity index (χ0) is 13.8. The molecule has 1 N–H and O–H groups in total. The van der Waals surface area contributed by atoms with Crippen molar-refractivity contribution < 1.29 is 9.50 Å². The summed E-state index contributed by atoms with van der Waals surface area (Å²) in [7, 11) is 0. The van der Waals surface area contributed by atoms with Crippen molar-refractivity contribution in [3.05, 3.63) is 71.0 Å². The molecular weight excluding hydrogens is 239 g/mol. The minimum Gasteiger partial charge on any atom is -0.392 e. The Kier molecular flexibility index (Phi) is 4.33. The number of benzene rings is 2. The van der Waals surface area contributed by atoms with Gasteiger partial charge in [0, 0.05) is 5.92 Å². The molecule has 0 fully saturated rings. The van der Waals surface area contributed by atoms with Gasteiger partial charge in [-0.3, -0.25) is 0 Å². The number of rotatable bonds is 4. The molecule has 0 radical (unpaired) electrons. The Morgan fingerprint density at radius 3 is 2.47 bits per heavy atom. The van der Waals surface area contributed by atoms with E-state index in [4.69, 9.17) is 0 Å². The Hall–Kier alpha value is -1.67. The van der Waals surface area contributed by atoms with Crippen LogP contribution in [0.15, 0.2) is 48.5 Å². The van der Waals surface area contributed by atoms with Gasteiger partial charge in [-0.15, -0.1) is 0 Å². The molecule has 2 atom stereocenters. The molecule has 100 valence electrons. The molecule has 1 nitrogen and oxygen atoms in total. The molecule has 0 saturated carbocycles. The molecule has 0 spiro atoms. The van der Waals surface area contributed by atoms with Crippen molar-refractivity contribution in [3.63, 3.8) is 0 Å². The van der Waals surface area contributed by atoms with E-state index in [0.29, 0.717) is 6.42 Å². The Balaban J connectivity index is 2.12. The summed E-state index contributed by atoms with van der Waals surface area (Å²) in [5.41, 5.74) is 2.99. The molecule has 0 heterocycles. The number of halogens is 1. The third kappa shape index (κ3) is 3.42. The van der Waals surface area contributed by atoms with Crippen LogP contribution in [-0.2, 0) is 6.42 Å². The van der Waals surface area contributed by atoms with Crippen LogP contribution in [0.3, 0.4) is 0 Å². The van der Waals surface area contributed by atoms with E-state index in [1.165, 1.54) is 12.1 Å². The first-order valence-corrected chi connectivity index (χ1v) is 6.56. The lowest BCUT2D eigenvalue weighted by atomic mass is 9.90. The molecule has 0 aliphatic rings. The Morgan fingerprint density at radius 2 is 1.79 bits per heavy atom. The van der Waals surface area contributed by atoms with Crippen LogP contribution >= 0.6 is 0 Å². The average Bonchev–Trinajstić information content (AvgIpc) is 2.43. The second-order valence-corrected chi connectivity index (χ2v) is 5.04. The Morgan fingerprint density at radius 1 is 1.11 bits per heavy atom. The number of aryl methyl sites for hydroxylation is 1. The van der Waals surface area contributed by atoms with Crippen LogP contribution in [0.1, 0.15) is 29.5 Å².